The molecule has 0 heterocycles. The van der Waals surface area contributed by atoms with Crippen molar-refractivity contribution >= 4 is 25.7 Å². The maximum absolute atomic E-state index is 12.4. The Morgan fingerprint density at radius 3 is 2.19 bits per heavy atom. The maximum atomic E-state index is 12.4. The summed E-state index contributed by atoms with van der Waals surface area (Å²) < 4.78 is 21.2. The first-order valence-corrected chi connectivity index (χ1v) is 7.05. The Bertz CT molecular complexity index is 593. The van der Waals surface area contributed by atoms with E-state index in [1.165, 1.54) is 0 Å². The molecule has 2 aromatic carbocycles. The molecule has 0 saturated carbocycles. The van der Waals surface area contributed by atoms with E-state index in [1.807, 2.05) is 12.1 Å². The van der Waals surface area contributed by atoms with Gasteiger partial charge in [0.25, 0.3) is 0 Å². The number of rotatable bonds is 2. The molecule has 2 rings (SSSR count). The number of hydrogen-bond donors (Lipinski definition) is 1. The monoisotopic (exact) mass is 295 g/mol. The average molecular weight is 296 g/mol. The van der Waals surface area contributed by atoms with Gasteiger partial charge in [-0.25, -0.2) is 8.99 Å². The fourth-order valence-corrected chi connectivity index (χ4v) is 3.32. The van der Waals surface area contributed by atoms with Crippen LogP contribution in [0.2, 0.25) is 0 Å². The van der Waals surface area contributed by atoms with Crippen LogP contribution in [0.4, 0.5) is 0 Å². The third-order valence-corrected chi connectivity index (χ3v) is 4.55. The summed E-state index contributed by atoms with van der Waals surface area (Å²) in [7, 11) is -2.89. The highest BCUT2D eigenvalue weighted by molar-refractivity contribution is 9.10. The second kappa shape index (κ2) is 4.39. The van der Waals surface area contributed by atoms with Gasteiger partial charge < -0.3 is 0 Å². The van der Waals surface area contributed by atoms with Gasteiger partial charge in [0, 0.05) is 4.47 Å². The minimum Gasteiger partial charge on any atom is -0.245 e. The molecule has 0 spiro atoms. The van der Waals surface area contributed by atoms with Crippen LogP contribution in [-0.4, -0.2) is 4.21 Å². The van der Waals surface area contributed by atoms with Crippen LogP contribution in [0.5, 0.6) is 0 Å². The van der Waals surface area contributed by atoms with Gasteiger partial charge in [0.15, 0.2) is 0 Å². The molecule has 82 valence electrons. The van der Waals surface area contributed by atoms with Crippen LogP contribution in [0, 0.1) is 4.78 Å². The Morgan fingerprint density at radius 2 is 1.56 bits per heavy atom. The Labute approximate surface area is 103 Å². The zero-order chi connectivity index (χ0) is 11.6. The summed E-state index contributed by atoms with van der Waals surface area (Å²) in [4.78, 5) is 1.06. The summed E-state index contributed by atoms with van der Waals surface area (Å²) >= 11 is 3.32. The van der Waals surface area contributed by atoms with E-state index in [0.717, 1.165) is 4.47 Å². The van der Waals surface area contributed by atoms with E-state index in [0.29, 0.717) is 9.79 Å². The summed E-state index contributed by atoms with van der Waals surface area (Å²) in [6.45, 7) is 0. The highest BCUT2D eigenvalue weighted by Crippen LogP contribution is 2.23. The molecule has 0 saturated heterocycles. The third-order valence-electron chi connectivity index (χ3n) is 2.20. The van der Waals surface area contributed by atoms with E-state index in [1.54, 1.807) is 42.5 Å². The smallest absolute Gasteiger partial charge is 0.101 e. The number of benzene rings is 2. The molecule has 0 amide bonds. The Morgan fingerprint density at radius 1 is 0.938 bits per heavy atom. The van der Waals surface area contributed by atoms with Crippen LogP contribution >= 0.6 is 15.9 Å². The lowest BCUT2D eigenvalue weighted by atomic mass is 10.4. The Hall–Kier alpha value is -1.13. The molecule has 1 atom stereocenters. The van der Waals surface area contributed by atoms with Crippen molar-refractivity contribution in [3.8, 4) is 0 Å². The van der Waals surface area contributed by atoms with Crippen LogP contribution < -0.4 is 0 Å². The van der Waals surface area contributed by atoms with Crippen molar-refractivity contribution in [2.45, 2.75) is 9.79 Å². The van der Waals surface area contributed by atoms with Gasteiger partial charge in [0.2, 0.25) is 0 Å². The maximum Gasteiger partial charge on any atom is 0.101 e. The molecule has 1 N–H and O–H groups in total. The molecule has 0 aliphatic carbocycles. The Kier molecular flexibility index (Phi) is 3.12. The molecule has 0 aromatic heterocycles. The van der Waals surface area contributed by atoms with Gasteiger partial charge in [-0.1, -0.05) is 40.2 Å². The van der Waals surface area contributed by atoms with Crippen molar-refractivity contribution in [2.24, 2.45) is 0 Å². The highest BCUT2D eigenvalue weighted by atomic mass is 79.9. The molecule has 2 nitrogen and oxygen atoms in total. The van der Waals surface area contributed by atoms with Crippen molar-refractivity contribution in [1.82, 2.24) is 0 Å². The van der Waals surface area contributed by atoms with Crippen LogP contribution in [0.25, 0.3) is 0 Å². The summed E-state index contributed by atoms with van der Waals surface area (Å²) in [5.74, 6) is 0. The van der Waals surface area contributed by atoms with Crippen molar-refractivity contribution < 1.29 is 4.21 Å². The topological polar surface area (TPSA) is 40.9 Å². The SMILES string of the molecule is N=S(=O)(c1ccccc1)c1cccc(Br)c1. The predicted octanol–water partition coefficient (Wildman–Crippen LogP) is 3.91. The summed E-state index contributed by atoms with van der Waals surface area (Å²) in [5, 5.41) is 0. The lowest BCUT2D eigenvalue weighted by molar-refractivity contribution is 0.674. The second-order valence-electron chi connectivity index (χ2n) is 3.33. The van der Waals surface area contributed by atoms with Gasteiger partial charge >= 0.3 is 0 Å². The zero-order valence-electron chi connectivity index (χ0n) is 8.39. The van der Waals surface area contributed by atoms with Gasteiger partial charge in [-0.2, -0.15) is 0 Å². The van der Waals surface area contributed by atoms with E-state index < -0.39 is 9.73 Å². The molecule has 0 fully saturated rings. The standard InChI is InChI=1S/C12H10BrNOS/c13-10-5-4-8-12(9-10)16(14,15)11-6-2-1-3-7-11/h1-9,14H. The fraction of sp³-hybridized carbons (Fsp3) is 0. The van der Waals surface area contributed by atoms with Gasteiger partial charge in [0.1, 0.15) is 9.73 Å². The molecule has 0 aliphatic heterocycles. The number of nitrogens with one attached hydrogen (secondary N) is 1. The van der Waals surface area contributed by atoms with E-state index in [2.05, 4.69) is 15.9 Å². The van der Waals surface area contributed by atoms with E-state index in [-0.39, 0.29) is 0 Å². The molecular weight excluding hydrogens is 286 g/mol. The van der Waals surface area contributed by atoms with Crippen molar-refractivity contribution in [3.63, 3.8) is 0 Å². The molecule has 16 heavy (non-hydrogen) atoms. The first-order chi connectivity index (χ1) is 7.60. The van der Waals surface area contributed by atoms with Crippen molar-refractivity contribution in [1.29, 1.82) is 4.78 Å². The normalized spacial score (nSPS) is 14.3. The number of hydrogen-bond acceptors (Lipinski definition) is 2. The summed E-state index contributed by atoms with van der Waals surface area (Å²) in [6.07, 6.45) is 0. The van der Waals surface area contributed by atoms with E-state index >= 15 is 0 Å². The zero-order valence-corrected chi connectivity index (χ0v) is 10.8. The first-order valence-electron chi connectivity index (χ1n) is 4.70. The van der Waals surface area contributed by atoms with Crippen LogP contribution in [0.15, 0.2) is 68.9 Å². The lowest BCUT2D eigenvalue weighted by Gasteiger charge is -2.07. The second-order valence-corrected chi connectivity index (χ2v) is 6.30. The lowest BCUT2D eigenvalue weighted by Crippen LogP contribution is -1.99. The van der Waals surface area contributed by atoms with Gasteiger partial charge in [-0.3, -0.25) is 0 Å². The quantitative estimate of drug-likeness (QED) is 0.896. The molecule has 0 radical (unpaired) electrons. The van der Waals surface area contributed by atoms with Crippen LogP contribution in [-0.2, 0) is 9.73 Å². The molecule has 0 bridgehead atoms. The predicted molar refractivity (Wildman–Crippen MR) is 68.0 cm³/mol. The molecular formula is C12H10BrNOS. The molecule has 4 heteroatoms. The first kappa shape index (κ1) is 11.4. The fourth-order valence-electron chi connectivity index (χ4n) is 1.39. The third kappa shape index (κ3) is 2.18. The average Bonchev–Trinajstić information content (AvgIpc) is 2.30. The van der Waals surface area contributed by atoms with E-state index in [9.17, 15) is 4.21 Å². The van der Waals surface area contributed by atoms with Crippen molar-refractivity contribution in [3.05, 3.63) is 59.1 Å². The summed E-state index contributed by atoms with van der Waals surface area (Å²) in [6, 6.07) is 15.9. The highest BCUT2D eigenvalue weighted by Gasteiger charge is 2.12. The van der Waals surface area contributed by atoms with E-state index in [4.69, 9.17) is 4.78 Å². The van der Waals surface area contributed by atoms with Gasteiger partial charge in [0.05, 0.1) is 9.79 Å². The van der Waals surface area contributed by atoms with Gasteiger partial charge in [-0.05, 0) is 30.3 Å². The minimum atomic E-state index is -2.89. The molecule has 1 unspecified atom stereocenters. The minimum absolute atomic E-state index is 0.521. The van der Waals surface area contributed by atoms with Gasteiger partial charge in [-0.15, -0.1) is 0 Å². The van der Waals surface area contributed by atoms with Crippen LogP contribution in [0.1, 0.15) is 0 Å². The number of halogens is 1. The molecule has 2 aromatic rings. The molecule has 0 aliphatic rings. The van der Waals surface area contributed by atoms with Crippen molar-refractivity contribution in [2.75, 3.05) is 0 Å². The largest absolute Gasteiger partial charge is 0.245 e. The van der Waals surface area contributed by atoms with Crippen LogP contribution in [0.3, 0.4) is 0 Å². The summed E-state index contributed by atoms with van der Waals surface area (Å²) in [5.41, 5.74) is 0. The Balaban J connectivity index is 2.56.